The second kappa shape index (κ2) is 5.71. The Labute approximate surface area is 119 Å². The van der Waals surface area contributed by atoms with Crippen molar-refractivity contribution >= 4 is 0 Å². The summed E-state index contributed by atoms with van der Waals surface area (Å²) in [6.45, 7) is 16.5. The third kappa shape index (κ3) is 2.98. The SMILES string of the molecule is CCCN1CCN(C2(CN)CC(C)(C)CC2C)CC1. The molecule has 1 heterocycles. The predicted octanol–water partition coefficient (Wildman–Crippen LogP) is 2.17. The molecule has 2 N–H and O–H groups in total. The molecule has 3 heteroatoms. The number of nitrogens with zero attached hydrogens (tertiary/aromatic N) is 2. The average Bonchev–Trinajstić information content (AvgIpc) is 2.61. The zero-order valence-electron chi connectivity index (χ0n) is 13.4. The van der Waals surface area contributed by atoms with E-state index >= 15 is 0 Å². The van der Waals surface area contributed by atoms with Crippen LogP contribution in [0.3, 0.4) is 0 Å². The Morgan fingerprint density at radius 2 is 1.79 bits per heavy atom. The van der Waals surface area contributed by atoms with Gasteiger partial charge in [-0.2, -0.15) is 0 Å². The summed E-state index contributed by atoms with van der Waals surface area (Å²) in [5.41, 5.74) is 6.97. The first-order valence-electron chi connectivity index (χ1n) is 8.11. The van der Waals surface area contributed by atoms with Gasteiger partial charge in [0.15, 0.2) is 0 Å². The molecule has 0 radical (unpaired) electrons. The fourth-order valence-corrected chi connectivity index (χ4v) is 4.65. The van der Waals surface area contributed by atoms with Crippen molar-refractivity contribution in [1.29, 1.82) is 0 Å². The highest BCUT2D eigenvalue weighted by Crippen LogP contribution is 2.50. The van der Waals surface area contributed by atoms with Gasteiger partial charge in [0.1, 0.15) is 0 Å². The third-order valence-corrected chi connectivity index (χ3v) is 5.46. The van der Waals surface area contributed by atoms with Crippen LogP contribution < -0.4 is 5.73 Å². The normalized spacial score (nSPS) is 36.8. The quantitative estimate of drug-likeness (QED) is 0.847. The fraction of sp³-hybridized carbons (Fsp3) is 1.00. The van der Waals surface area contributed by atoms with Gasteiger partial charge in [-0.15, -0.1) is 0 Å². The molecule has 0 aromatic carbocycles. The van der Waals surface area contributed by atoms with Crippen molar-refractivity contribution in [1.82, 2.24) is 9.80 Å². The third-order valence-electron chi connectivity index (χ3n) is 5.46. The van der Waals surface area contributed by atoms with Crippen molar-refractivity contribution in [3.8, 4) is 0 Å². The minimum Gasteiger partial charge on any atom is -0.329 e. The number of hydrogen-bond acceptors (Lipinski definition) is 3. The van der Waals surface area contributed by atoms with Crippen LogP contribution in [0.2, 0.25) is 0 Å². The maximum absolute atomic E-state index is 6.25. The van der Waals surface area contributed by atoms with Crippen molar-refractivity contribution < 1.29 is 0 Å². The highest BCUT2D eigenvalue weighted by Gasteiger charge is 2.51. The lowest BCUT2D eigenvalue weighted by Crippen LogP contribution is -2.61. The Morgan fingerprint density at radius 1 is 1.16 bits per heavy atom. The first-order chi connectivity index (χ1) is 8.93. The van der Waals surface area contributed by atoms with E-state index in [1.807, 2.05) is 0 Å². The van der Waals surface area contributed by atoms with Crippen LogP contribution in [-0.2, 0) is 0 Å². The van der Waals surface area contributed by atoms with Gasteiger partial charge in [0.05, 0.1) is 0 Å². The molecule has 2 fully saturated rings. The van der Waals surface area contributed by atoms with E-state index in [0.29, 0.717) is 5.41 Å². The summed E-state index contributed by atoms with van der Waals surface area (Å²) in [6.07, 6.45) is 3.86. The van der Waals surface area contributed by atoms with Gasteiger partial charge in [-0.3, -0.25) is 4.90 Å². The summed E-state index contributed by atoms with van der Waals surface area (Å²) in [6, 6.07) is 0. The smallest absolute Gasteiger partial charge is 0.0363 e. The number of rotatable bonds is 4. The van der Waals surface area contributed by atoms with E-state index in [0.717, 1.165) is 12.5 Å². The molecule has 1 aliphatic carbocycles. The van der Waals surface area contributed by atoms with Crippen LogP contribution in [0.15, 0.2) is 0 Å². The second-order valence-corrected chi connectivity index (χ2v) is 7.58. The van der Waals surface area contributed by atoms with E-state index in [9.17, 15) is 0 Å². The molecule has 0 aromatic heterocycles. The Hall–Kier alpha value is -0.120. The van der Waals surface area contributed by atoms with Crippen LogP contribution in [0.5, 0.6) is 0 Å². The predicted molar refractivity (Wildman–Crippen MR) is 82.3 cm³/mol. The molecule has 3 nitrogen and oxygen atoms in total. The average molecular weight is 267 g/mol. The van der Waals surface area contributed by atoms with Gasteiger partial charge in [-0.05, 0) is 37.1 Å². The highest BCUT2D eigenvalue weighted by molar-refractivity contribution is 5.06. The monoisotopic (exact) mass is 267 g/mol. The molecule has 2 aliphatic rings. The molecule has 19 heavy (non-hydrogen) atoms. The van der Waals surface area contributed by atoms with Gasteiger partial charge in [-0.1, -0.05) is 27.7 Å². The van der Waals surface area contributed by atoms with Crippen LogP contribution in [0.25, 0.3) is 0 Å². The second-order valence-electron chi connectivity index (χ2n) is 7.58. The maximum atomic E-state index is 6.25. The van der Waals surface area contributed by atoms with Crippen LogP contribution in [0.1, 0.15) is 47.0 Å². The molecule has 2 atom stereocenters. The van der Waals surface area contributed by atoms with E-state index in [2.05, 4.69) is 37.5 Å². The number of nitrogens with two attached hydrogens (primary N) is 1. The summed E-state index contributed by atoms with van der Waals surface area (Å²) < 4.78 is 0. The summed E-state index contributed by atoms with van der Waals surface area (Å²) >= 11 is 0. The van der Waals surface area contributed by atoms with Crippen molar-refractivity contribution in [2.45, 2.75) is 52.5 Å². The van der Waals surface area contributed by atoms with Gasteiger partial charge in [-0.25, -0.2) is 0 Å². The molecule has 2 rings (SSSR count). The van der Waals surface area contributed by atoms with Crippen molar-refractivity contribution in [3.05, 3.63) is 0 Å². The van der Waals surface area contributed by atoms with E-state index in [4.69, 9.17) is 5.73 Å². The van der Waals surface area contributed by atoms with E-state index < -0.39 is 0 Å². The zero-order valence-corrected chi connectivity index (χ0v) is 13.4. The molecule has 0 spiro atoms. The topological polar surface area (TPSA) is 32.5 Å². The Balaban J connectivity index is 2.03. The largest absolute Gasteiger partial charge is 0.329 e. The molecule has 112 valence electrons. The van der Waals surface area contributed by atoms with Gasteiger partial charge in [0.25, 0.3) is 0 Å². The number of hydrogen-bond donors (Lipinski definition) is 1. The number of piperazine rings is 1. The molecule has 1 aliphatic heterocycles. The first kappa shape index (κ1) is 15.3. The summed E-state index contributed by atoms with van der Waals surface area (Å²) in [4.78, 5) is 5.32. The summed E-state index contributed by atoms with van der Waals surface area (Å²) in [5.74, 6) is 0.727. The molecule has 0 amide bonds. The molecule has 2 unspecified atom stereocenters. The van der Waals surface area contributed by atoms with Gasteiger partial charge < -0.3 is 10.6 Å². The first-order valence-corrected chi connectivity index (χ1v) is 8.11. The Morgan fingerprint density at radius 3 is 2.21 bits per heavy atom. The minimum atomic E-state index is 0.266. The standard InChI is InChI=1S/C16H33N3/c1-5-6-18-7-9-19(10-8-18)16(13-17)12-15(3,4)11-14(16)2/h14H,5-13,17H2,1-4H3. The minimum absolute atomic E-state index is 0.266. The van der Waals surface area contributed by atoms with Gasteiger partial charge in [0, 0.05) is 38.3 Å². The lowest BCUT2D eigenvalue weighted by atomic mass is 9.84. The molecule has 0 aromatic rings. The van der Waals surface area contributed by atoms with E-state index in [-0.39, 0.29) is 5.54 Å². The van der Waals surface area contributed by atoms with Crippen LogP contribution in [-0.4, -0.2) is 54.6 Å². The zero-order chi connectivity index (χ0) is 14.1. The van der Waals surface area contributed by atoms with Crippen molar-refractivity contribution in [3.63, 3.8) is 0 Å². The highest BCUT2D eigenvalue weighted by atomic mass is 15.3. The molecule has 1 saturated heterocycles. The summed E-state index contributed by atoms with van der Waals surface area (Å²) in [5, 5.41) is 0. The molecule has 0 bridgehead atoms. The summed E-state index contributed by atoms with van der Waals surface area (Å²) in [7, 11) is 0. The van der Waals surface area contributed by atoms with Crippen LogP contribution >= 0.6 is 0 Å². The fourth-order valence-electron chi connectivity index (χ4n) is 4.65. The Kier molecular flexibility index (Phi) is 4.59. The molecular weight excluding hydrogens is 234 g/mol. The van der Waals surface area contributed by atoms with Crippen LogP contribution in [0, 0.1) is 11.3 Å². The maximum Gasteiger partial charge on any atom is 0.0363 e. The van der Waals surface area contributed by atoms with Gasteiger partial charge in [0.2, 0.25) is 0 Å². The van der Waals surface area contributed by atoms with E-state index in [1.165, 1.54) is 52.0 Å². The molecule has 1 saturated carbocycles. The lowest BCUT2D eigenvalue weighted by molar-refractivity contribution is 0.0132. The van der Waals surface area contributed by atoms with Crippen molar-refractivity contribution in [2.24, 2.45) is 17.1 Å². The van der Waals surface area contributed by atoms with Gasteiger partial charge >= 0.3 is 0 Å². The van der Waals surface area contributed by atoms with Crippen molar-refractivity contribution in [2.75, 3.05) is 39.3 Å². The molecular formula is C16H33N3. The Bertz CT molecular complexity index is 294. The van der Waals surface area contributed by atoms with E-state index in [1.54, 1.807) is 0 Å². The lowest BCUT2D eigenvalue weighted by Gasteiger charge is -2.48. The van der Waals surface area contributed by atoms with Crippen LogP contribution in [0.4, 0.5) is 0 Å².